The molecule has 0 saturated carbocycles. The van der Waals surface area contributed by atoms with Gasteiger partial charge in [0.2, 0.25) is 0 Å². The fourth-order valence-electron chi connectivity index (χ4n) is 5.29. The van der Waals surface area contributed by atoms with Crippen molar-refractivity contribution in [2.75, 3.05) is 5.73 Å². The van der Waals surface area contributed by atoms with E-state index in [0.717, 1.165) is 35.0 Å². The van der Waals surface area contributed by atoms with Crippen LogP contribution >= 0.6 is 0 Å². The first-order chi connectivity index (χ1) is 17.5. The number of pyridine rings is 1. The highest BCUT2D eigenvalue weighted by atomic mass is 16.2. The SMILES string of the molecule is C#Cc1ccc2c3c(c([C@@H](C)NC(=O)c4c(N)nn5cccnc45)n(-c4ccccc4)c(=O)c13)CC2. The standard InChI is InChI=1S/C28H22N6O2/c1-3-17-10-11-18-12-13-20-21(18)22(17)28(36)34(19-8-5-4-6-9-19)24(20)16(2)31-27(35)23-25(29)32-33-15-7-14-30-26(23)33/h1,4-11,14-16H,12-13H2,2H3,(H2,29,32)(H,31,35)/t16-/m1/s1. The lowest BCUT2D eigenvalue weighted by atomic mass is 9.97. The van der Waals surface area contributed by atoms with Crippen molar-refractivity contribution in [3.63, 3.8) is 0 Å². The summed E-state index contributed by atoms with van der Waals surface area (Å²) in [6, 6.07) is 14.4. The molecule has 3 N–H and O–H groups in total. The molecule has 36 heavy (non-hydrogen) atoms. The van der Waals surface area contributed by atoms with Crippen LogP contribution in [-0.2, 0) is 12.8 Å². The fraction of sp³-hybridized carbons (Fsp3) is 0.143. The lowest BCUT2D eigenvalue weighted by Gasteiger charge is -2.24. The molecule has 0 saturated heterocycles. The number of anilines is 1. The number of nitrogens with one attached hydrogen (secondary N) is 1. The first-order valence-corrected chi connectivity index (χ1v) is 11.6. The van der Waals surface area contributed by atoms with E-state index in [9.17, 15) is 9.59 Å². The number of benzene rings is 2. The van der Waals surface area contributed by atoms with Gasteiger partial charge >= 0.3 is 0 Å². The molecule has 1 atom stereocenters. The van der Waals surface area contributed by atoms with Gasteiger partial charge in [0.15, 0.2) is 11.5 Å². The Morgan fingerprint density at radius 3 is 2.72 bits per heavy atom. The minimum atomic E-state index is -0.525. The molecule has 0 fully saturated rings. The van der Waals surface area contributed by atoms with E-state index < -0.39 is 11.9 Å². The lowest BCUT2D eigenvalue weighted by Crippen LogP contribution is -2.33. The zero-order valence-electron chi connectivity index (χ0n) is 19.5. The van der Waals surface area contributed by atoms with Gasteiger partial charge in [-0.25, -0.2) is 9.50 Å². The van der Waals surface area contributed by atoms with Gasteiger partial charge in [-0.2, -0.15) is 0 Å². The Morgan fingerprint density at radius 2 is 1.94 bits per heavy atom. The van der Waals surface area contributed by atoms with Gasteiger partial charge in [-0.15, -0.1) is 11.5 Å². The average molecular weight is 475 g/mol. The van der Waals surface area contributed by atoms with E-state index >= 15 is 0 Å². The van der Waals surface area contributed by atoms with E-state index in [1.807, 2.05) is 49.4 Å². The predicted octanol–water partition coefficient (Wildman–Crippen LogP) is 3.19. The number of amides is 1. The molecule has 1 aliphatic carbocycles. The normalized spacial score (nSPS) is 13.1. The smallest absolute Gasteiger partial charge is 0.264 e. The van der Waals surface area contributed by atoms with Crippen LogP contribution < -0.4 is 16.6 Å². The zero-order valence-corrected chi connectivity index (χ0v) is 19.5. The molecule has 3 aromatic heterocycles. The topological polar surface area (TPSA) is 107 Å². The molecule has 0 aliphatic heterocycles. The number of hydrogen-bond donors (Lipinski definition) is 2. The zero-order chi connectivity index (χ0) is 25.0. The number of terminal acetylenes is 1. The Kier molecular flexibility index (Phi) is 4.86. The monoisotopic (exact) mass is 474 g/mol. The molecule has 2 aromatic carbocycles. The number of aryl methyl sites for hydroxylation is 2. The van der Waals surface area contributed by atoms with Crippen molar-refractivity contribution >= 4 is 28.1 Å². The second-order valence-electron chi connectivity index (χ2n) is 8.85. The number of aromatic nitrogens is 4. The Balaban J connectivity index is 1.56. The molecule has 8 heteroatoms. The molecular formula is C28H22N6O2. The highest BCUT2D eigenvalue weighted by Gasteiger charge is 2.29. The summed E-state index contributed by atoms with van der Waals surface area (Å²) in [5, 5.41) is 8.69. The van der Waals surface area contributed by atoms with Crippen LogP contribution in [0.4, 0.5) is 5.82 Å². The molecule has 1 amide bonds. The van der Waals surface area contributed by atoms with Crippen LogP contribution in [0.2, 0.25) is 0 Å². The highest BCUT2D eigenvalue weighted by molar-refractivity contribution is 6.04. The van der Waals surface area contributed by atoms with Crippen molar-refractivity contribution in [2.24, 2.45) is 0 Å². The molecule has 0 bridgehead atoms. The highest BCUT2D eigenvalue weighted by Crippen LogP contribution is 2.36. The number of nitrogens with zero attached hydrogens (tertiary/aromatic N) is 4. The summed E-state index contributed by atoms with van der Waals surface area (Å²) in [4.78, 5) is 31.7. The first-order valence-electron chi connectivity index (χ1n) is 11.6. The van der Waals surface area contributed by atoms with E-state index in [0.29, 0.717) is 22.3 Å². The summed E-state index contributed by atoms with van der Waals surface area (Å²) in [5.74, 6) is 2.35. The second-order valence-corrected chi connectivity index (χ2v) is 8.85. The van der Waals surface area contributed by atoms with Gasteiger partial charge in [-0.05, 0) is 60.5 Å². The van der Waals surface area contributed by atoms with Gasteiger partial charge < -0.3 is 11.1 Å². The number of nitrogen functional groups attached to an aromatic ring is 1. The molecule has 0 spiro atoms. The maximum absolute atomic E-state index is 14.0. The van der Waals surface area contributed by atoms with Crippen molar-refractivity contribution in [3.05, 3.63) is 99.2 Å². The number of nitrogens with two attached hydrogens (primary N) is 1. The fourth-order valence-corrected chi connectivity index (χ4v) is 5.29. The van der Waals surface area contributed by atoms with Gasteiger partial charge in [0.05, 0.1) is 17.1 Å². The molecular weight excluding hydrogens is 452 g/mol. The summed E-state index contributed by atoms with van der Waals surface area (Å²) >= 11 is 0. The Bertz CT molecular complexity index is 1790. The minimum absolute atomic E-state index is 0.0860. The summed E-state index contributed by atoms with van der Waals surface area (Å²) < 4.78 is 3.15. The molecule has 3 heterocycles. The van der Waals surface area contributed by atoms with Crippen LogP contribution in [0.1, 0.15) is 45.7 Å². The van der Waals surface area contributed by atoms with Crippen LogP contribution in [0, 0.1) is 12.3 Å². The van der Waals surface area contributed by atoms with Crippen molar-refractivity contribution in [1.29, 1.82) is 0 Å². The quantitative estimate of drug-likeness (QED) is 0.389. The second kappa shape index (κ2) is 8.10. The van der Waals surface area contributed by atoms with Crippen LogP contribution in [0.3, 0.4) is 0 Å². The largest absolute Gasteiger partial charge is 0.381 e. The third-order valence-electron chi connectivity index (χ3n) is 6.78. The van der Waals surface area contributed by atoms with E-state index in [1.54, 1.807) is 23.0 Å². The molecule has 0 radical (unpaired) electrons. The predicted molar refractivity (Wildman–Crippen MR) is 138 cm³/mol. The molecule has 5 aromatic rings. The van der Waals surface area contributed by atoms with E-state index in [1.165, 1.54) is 4.52 Å². The molecule has 6 rings (SSSR count). The van der Waals surface area contributed by atoms with E-state index in [-0.39, 0.29) is 16.9 Å². The molecule has 1 aliphatic rings. The van der Waals surface area contributed by atoms with Crippen molar-refractivity contribution in [2.45, 2.75) is 25.8 Å². The van der Waals surface area contributed by atoms with Gasteiger partial charge in [-0.1, -0.05) is 30.2 Å². The van der Waals surface area contributed by atoms with Crippen molar-refractivity contribution in [1.82, 2.24) is 24.5 Å². The maximum Gasteiger partial charge on any atom is 0.264 e. The number of rotatable bonds is 4. The van der Waals surface area contributed by atoms with E-state index in [2.05, 4.69) is 21.3 Å². The third kappa shape index (κ3) is 3.10. The number of carbonyl (C=O) groups excluding carboxylic acids is 1. The van der Waals surface area contributed by atoms with E-state index in [4.69, 9.17) is 12.2 Å². The minimum Gasteiger partial charge on any atom is -0.381 e. The lowest BCUT2D eigenvalue weighted by molar-refractivity contribution is 0.0941. The summed E-state index contributed by atoms with van der Waals surface area (Å²) in [5.41, 5.74) is 10.5. The number of para-hydroxylation sites is 1. The van der Waals surface area contributed by atoms with Gasteiger partial charge in [0.25, 0.3) is 11.5 Å². The Hall–Kier alpha value is -4.90. The van der Waals surface area contributed by atoms with Crippen LogP contribution in [0.15, 0.2) is 65.7 Å². The van der Waals surface area contributed by atoms with Crippen molar-refractivity contribution < 1.29 is 4.79 Å². The molecule has 176 valence electrons. The van der Waals surface area contributed by atoms with Gasteiger partial charge in [0, 0.05) is 23.6 Å². The first kappa shape index (κ1) is 21.6. The average Bonchev–Trinajstić information content (AvgIpc) is 3.46. The molecule has 0 unspecified atom stereocenters. The number of carbonyl (C=O) groups is 1. The summed E-state index contributed by atoms with van der Waals surface area (Å²) in [6.07, 6.45) is 10.6. The van der Waals surface area contributed by atoms with Gasteiger partial charge in [-0.3, -0.25) is 14.2 Å². The Morgan fingerprint density at radius 1 is 1.14 bits per heavy atom. The summed E-state index contributed by atoms with van der Waals surface area (Å²) in [7, 11) is 0. The maximum atomic E-state index is 14.0. The number of hydrogen-bond acceptors (Lipinski definition) is 5. The number of fused-ring (bicyclic) bond motifs is 1. The van der Waals surface area contributed by atoms with Crippen LogP contribution in [0.25, 0.3) is 22.1 Å². The van der Waals surface area contributed by atoms with Gasteiger partial charge in [0.1, 0.15) is 5.56 Å². The van der Waals surface area contributed by atoms with Crippen molar-refractivity contribution in [3.8, 4) is 18.0 Å². The Labute approximate surface area is 206 Å². The van der Waals surface area contributed by atoms with Crippen LogP contribution in [0.5, 0.6) is 0 Å². The summed E-state index contributed by atoms with van der Waals surface area (Å²) in [6.45, 7) is 1.87. The van der Waals surface area contributed by atoms with Crippen LogP contribution in [-0.4, -0.2) is 25.1 Å². The molecule has 8 nitrogen and oxygen atoms in total. The third-order valence-corrected chi connectivity index (χ3v) is 6.78.